The molecule has 0 aliphatic carbocycles. The number of hydrogen-bond acceptors (Lipinski definition) is 18. The number of hydrogen-bond donors (Lipinski definition) is 0. The molecule has 1 aliphatic heterocycles. The van der Waals surface area contributed by atoms with Crippen LogP contribution in [0.1, 0.15) is 27.7 Å². The van der Waals surface area contributed by atoms with Gasteiger partial charge in [-0.15, -0.1) is 0 Å². The zero-order valence-corrected chi connectivity index (χ0v) is 27.0. The van der Waals surface area contributed by atoms with Gasteiger partial charge >= 0.3 is 0 Å². The fourth-order valence-corrected chi connectivity index (χ4v) is 12.7. The number of rotatable bonds is 12. The maximum absolute atomic E-state index is 8.92. The SMILES string of the molecule is CCOP(=S)(OCC)SC1OCCOC1SP(=S)(OCC)OCC.O=P([O-])([O-])[S-].[O-]P([O-])([O-])=S. The number of ether oxygens (including phenoxy) is 2. The van der Waals surface area contributed by atoms with Gasteiger partial charge in [0.15, 0.2) is 0 Å². The molecule has 1 saturated heterocycles. The molecule has 0 amide bonds. The maximum Gasteiger partial charge on any atom is 0.249 e. The van der Waals surface area contributed by atoms with Crippen LogP contribution in [0.5, 0.6) is 0 Å². The summed E-state index contributed by atoms with van der Waals surface area (Å²) in [5.41, 5.74) is -5.66. The van der Waals surface area contributed by atoms with Crippen molar-refractivity contribution in [1.82, 2.24) is 0 Å². The van der Waals surface area contributed by atoms with Crippen LogP contribution < -0.4 is 24.5 Å². The molecule has 0 aromatic rings. The fourth-order valence-electron chi connectivity index (χ4n) is 1.73. The Morgan fingerprint density at radius 3 is 1.15 bits per heavy atom. The van der Waals surface area contributed by atoms with Crippen LogP contribution in [0.3, 0.4) is 0 Å². The van der Waals surface area contributed by atoms with Crippen molar-refractivity contribution in [1.29, 1.82) is 0 Å². The Hall–Kier alpha value is 2.79. The molecule has 0 N–H and O–H groups in total. The molecule has 0 aromatic heterocycles. The standard InChI is InChI=1S/C12H26O6P2S4.2H3O3PS/c1-5-15-19(21,16-6-2)23-11-12(14-10-9-13-11)24-20(22,17-7-3)18-8-4;2*1-4(2,3)5/h11-12H,5-10H2,1-4H3;2*(H3,1,2,3,5)/p-6. The molecule has 0 spiro atoms. The summed E-state index contributed by atoms with van der Waals surface area (Å²) in [6.07, 6.45) is 0. The third-order valence-electron chi connectivity index (χ3n) is 2.48. The van der Waals surface area contributed by atoms with Crippen LogP contribution in [0, 0.1) is 0 Å². The largest absolute Gasteiger partial charge is 0.844 e. The quantitative estimate of drug-likeness (QED) is 0.204. The molecule has 208 valence electrons. The van der Waals surface area contributed by atoms with E-state index < -0.39 is 24.9 Å². The second-order valence-electron chi connectivity index (χ2n) is 5.15. The van der Waals surface area contributed by atoms with Crippen molar-refractivity contribution in [3.63, 3.8) is 0 Å². The summed E-state index contributed by atoms with van der Waals surface area (Å²) in [6, 6.07) is 0. The van der Waals surface area contributed by atoms with Crippen molar-refractivity contribution in [2.24, 2.45) is 0 Å². The van der Waals surface area contributed by atoms with Crippen LogP contribution in [0.15, 0.2) is 0 Å². The van der Waals surface area contributed by atoms with E-state index in [1.807, 2.05) is 27.7 Å². The molecule has 1 fully saturated rings. The summed E-state index contributed by atoms with van der Waals surface area (Å²) in [5, 5.41) is 0. The zero-order chi connectivity index (χ0) is 27.1. The average Bonchev–Trinajstić information content (AvgIpc) is 2.61. The first-order valence-electron chi connectivity index (χ1n) is 9.26. The first kappa shape index (κ1) is 38.9. The van der Waals surface area contributed by atoms with E-state index in [2.05, 4.69) is 24.1 Å². The average molecular weight is 679 g/mol. The second-order valence-corrected chi connectivity index (χ2v) is 22.2. The van der Waals surface area contributed by atoms with Crippen molar-refractivity contribution >= 4 is 95.3 Å². The highest BCUT2D eigenvalue weighted by molar-refractivity contribution is 8.69. The Kier molecular flexibility index (Phi) is 22.7. The first-order valence-corrected chi connectivity index (χ1v) is 22.6. The molecule has 2 unspecified atom stereocenters. The second kappa shape index (κ2) is 19.8. The summed E-state index contributed by atoms with van der Waals surface area (Å²) >= 11 is 20.5. The molecule has 0 aromatic carbocycles. The lowest BCUT2D eigenvalue weighted by Crippen LogP contribution is -2.34. The van der Waals surface area contributed by atoms with Crippen LogP contribution in [-0.2, 0) is 79.8 Å². The summed E-state index contributed by atoms with van der Waals surface area (Å²) < 4.78 is 43.4. The van der Waals surface area contributed by atoms with E-state index in [1.165, 1.54) is 22.8 Å². The minimum Gasteiger partial charge on any atom is -0.844 e. The minimum atomic E-state index is -4.56. The lowest BCUT2D eigenvalue weighted by Gasteiger charge is -2.43. The lowest BCUT2D eigenvalue weighted by atomic mass is 10.6. The Morgan fingerprint density at radius 2 is 0.971 bits per heavy atom. The fraction of sp³-hybridized carbons (Fsp3) is 1.00. The van der Waals surface area contributed by atoms with Crippen LogP contribution in [-0.4, -0.2) is 50.5 Å². The Labute approximate surface area is 228 Å². The molecular weight excluding hydrogens is 652 g/mol. The minimum absolute atomic E-state index is 0.337. The van der Waals surface area contributed by atoms with Gasteiger partial charge in [0.05, 0.1) is 39.6 Å². The predicted octanol–water partition coefficient (Wildman–Crippen LogP) is 0.401. The smallest absolute Gasteiger partial charge is 0.249 e. The van der Waals surface area contributed by atoms with E-state index in [-0.39, 0.29) is 10.9 Å². The van der Waals surface area contributed by atoms with Crippen LogP contribution in [0.4, 0.5) is 0 Å². The van der Waals surface area contributed by atoms with E-state index in [1.54, 1.807) is 0 Å². The van der Waals surface area contributed by atoms with E-state index >= 15 is 0 Å². The van der Waals surface area contributed by atoms with Gasteiger partial charge in [0.2, 0.25) is 11.4 Å². The van der Waals surface area contributed by atoms with Crippen LogP contribution in [0.25, 0.3) is 0 Å². The van der Waals surface area contributed by atoms with Crippen LogP contribution in [0.2, 0.25) is 0 Å². The highest BCUT2D eigenvalue weighted by Crippen LogP contribution is 2.68. The van der Waals surface area contributed by atoms with Crippen molar-refractivity contribution in [2.75, 3.05) is 39.6 Å². The van der Waals surface area contributed by atoms with Crippen molar-refractivity contribution in [3.05, 3.63) is 0 Å². The lowest BCUT2D eigenvalue weighted by molar-refractivity contribution is -0.411. The third-order valence-corrected chi connectivity index (χ3v) is 13.5. The molecule has 0 bridgehead atoms. The normalized spacial score (nSPS) is 19.5. The van der Waals surface area contributed by atoms with Gasteiger partial charge < -0.3 is 75.6 Å². The van der Waals surface area contributed by atoms with E-state index in [4.69, 9.17) is 80.2 Å². The van der Waals surface area contributed by atoms with E-state index in [9.17, 15) is 0 Å². The summed E-state index contributed by atoms with van der Waals surface area (Å²) in [5.74, 6) is 0. The molecule has 0 saturated carbocycles. The summed E-state index contributed by atoms with van der Waals surface area (Å²) in [7, 11) is 0. The molecule has 0 radical (unpaired) electrons. The monoisotopic (exact) mass is 678 g/mol. The summed E-state index contributed by atoms with van der Waals surface area (Å²) in [6.45, 7) is 1.44. The topological polar surface area (TPSA) is 188 Å². The van der Waals surface area contributed by atoms with Gasteiger partial charge in [-0.1, -0.05) is 0 Å². The van der Waals surface area contributed by atoms with Crippen LogP contribution >= 0.6 is 47.7 Å². The first-order chi connectivity index (χ1) is 15.4. The highest BCUT2D eigenvalue weighted by Gasteiger charge is 2.38. The van der Waals surface area contributed by atoms with Gasteiger partial charge in [-0.2, -0.15) is 11.8 Å². The highest BCUT2D eigenvalue weighted by atomic mass is 32.9. The van der Waals surface area contributed by atoms with Crippen molar-refractivity contribution in [3.8, 4) is 0 Å². The summed E-state index contributed by atoms with van der Waals surface area (Å²) in [4.78, 5) is 44.6. The Balaban J connectivity index is 0. The molecule has 22 heteroatoms. The molecule has 12 nitrogen and oxygen atoms in total. The third kappa shape index (κ3) is 25.1. The molecule has 1 heterocycles. The van der Waals surface area contributed by atoms with Gasteiger partial charge in [-0.05, 0) is 74.1 Å². The van der Waals surface area contributed by atoms with Gasteiger partial charge in [0, 0.05) is 0 Å². The predicted molar refractivity (Wildman–Crippen MR) is 139 cm³/mol. The Morgan fingerprint density at radius 1 is 0.765 bits per heavy atom. The van der Waals surface area contributed by atoms with Gasteiger partial charge in [-0.25, -0.2) is 6.80 Å². The van der Waals surface area contributed by atoms with Gasteiger partial charge in [0.1, 0.15) is 10.9 Å². The van der Waals surface area contributed by atoms with Gasteiger partial charge in [-0.3, -0.25) is 0 Å². The van der Waals surface area contributed by atoms with Crippen molar-refractivity contribution < 1.29 is 56.6 Å². The van der Waals surface area contributed by atoms with Gasteiger partial charge in [0.25, 0.3) is 0 Å². The molecular formula is C12H26O12P4S6-6. The molecule has 34 heavy (non-hydrogen) atoms. The Bertz CT molecular complexity index is 640. The van der Waals surface area contributed by atoms with E-state index in [0.29, 0.717) is 39.6 Å². The maximum atomic E-state index is 8.92. The molecule has 1 aliphatic rings. The van der Waals surface area contributed by atoms with Crippen molar-refractivity contribution in [2.45, 2.75) is 38.6 Å². The zero-order valence-electron chi connectivity index (χ0n) is 18.5. The molecule has 2 atom stereocenters. The molecule has 1 rings (SSSR count). The van der Waals surface area contributed by atoms with E-state index in [0.717, 1.165) is 0 Å².